The van der Waals surface area contributed by atoms with E-state index in [9.17, 15) is 9.59 Å². The largest absolute Gasteiger partial charge is 0.454 e. The van der Waals surface area contributed by atoms with Gasteiger partial charge in [0.2, 0.25) is 18.6 Å². The number of pyridine rings is 1. The third-order valence-corrected chi connectivity index (χ3v) is 4.65. The summed E-state index contributed by atoms with van der Waals surface area (Å²) in [4.78, 5) is 30.9. The summed E-state index contributed by atoms with van der Waals surface area (Å²) in [6.07, 6.45) is 1.88. The van der Waals surface area contributed by atoms with Gasteiger partial charge in [-0.15, -0.1) is 0 Å². The summed E-state index contributed by atoms with van der Waals surface area (Å²) in [5, 5.41) is 2.95. The minimum Gasteiger partial charge on any atom is -0.454 e. The number of anilines is 1. The topological polar surface area (TPSA) is 80.8 Å². The standard InChI is InChI=1S/C19H19N3O4/c1-12(15-4-2-3-7-20-15)21-19(24)13-8-18(23)22(10-13)14-5-6-16-17(9-14)26-11-25-16/h2-7,9,12-13H,8,10-11H2,1H3,(H,21,24)/t12-,13+/m1/s1. The Hall–Kier alpha value is -3.09. The molecule has 2 amide bonds. The molecule has 1 N–H and O–H groups in total. The van der Waals surface area contributed by atoms with Gasteiger partial charge in [-0.05, 0) is 31.2 Å². The molecule has 1 fully saturated rings. The number of hydrogen-bond donors (Lipinski definition) is 1. The molecule has 1 saturated heterocycles. The molecule has 3 heterocycles. The molecule has 1 aromatic carbocycles. The number of carbonyl (C=O) groups excluding carboxylic acids is 2. The van der Waals surface area contributed by atoms with Crippen LogP contribution < -0.4 is 19.7 Å². The fourth-order valence-electron chi connectivity index (χ4n) is 3.22. The van der Waals surface area contributed by atoms with E-state index in [0.29, 0.717) is 23.7 Å². The lowest BCUT2D eigenvalue weighted by Crippen LogP contribution is -2.34. The van der Waals surface area contributed by atoms with E-state index < -0.39 is 0 Å². The van der Waals surface area contributed by atoms with Gasteiger partial charge in [-0.25, -0.2) is 0 Å². The molecule has 2 aliphatic rings. The second-order valence-electron chi connectivity index (χ2n) is 6.43. The zero-order valence-corrected chi connectivity index (χ0v) is 14.3. The third kappa shape index (κ3) is 3.08. The van der Waals surface area contributed by atoms with Gasteiger partial charge in [0.25, 0.3) is 0 Å². The van der Waals surface area contributed by atoms with E-state index >= 15 is 0 Å². The average molecular weight is 353 g/mol. The molecule has 1 aromatic heterocycles. The van der Waals surface area contributed by atoms with Gasteiger partial charge in [-0.2, -0.15) is 0 Å². The zero-order valence-electron chi connectivity index (χ0n) is 14.3. The lowest BCUT2D eigenvalue weighted by molar-refractivity contribution is -0.126. The second kappa shape index (κ2) is 6.67. The van der Waals surface area contributed by atoms with Crippen LogP contribution in [-0.2, 0) is 9.59 Å². The fourth-order valence-corrected chi connectivity index (χ4v) is 3.22. The van der Waals surface area contributed by atoms with E-state index in [2.05, 4.69) is 10.3 Å². The van der Waals surface area contributed by atoms with Gasteiger partial charge in [0.15, 0.2) is 11.5 Å². The Balaban J connectivity index is 1.43. The summed E-state index contributed by atoms with van der Waals surface area (Å²) >= 11 is 0. The van der Waals surface area contributed by atoms with Crippen LogP contribution in [0, 0.1) is 5.92 Å². The average Bonchev–Trinajstić information content (AvgIpc) is 3.28. The molecule has 2 atom stereocenters. The van der Waals surface area contributed by atoms with Crippen molar-refractivity contribution in [1.82, 2.24) is 10.3 Å². The van der Waals surface area contributed by atoms with Crippen molar-refractivity contribution in [2.45, 2.75) is 19.4 Å². The fraction of sp³-hybridized carbons (Fsp3) is 0.316. The molecule has 134 valence electrons. The first-order chi connectivity index (χ1) is 12.6. The van der Waals surface area contributed by atoms with Crippen LogP contribution in [0.4, 0.5) is 5.69 Å². The molecular weight excluding hydrogens is 334 g/mol. The predicted molar refractivity (Wildman–Crippen MR) is 93.8 cm³/mol. The van der Waals surface area contributed by atoms with E-state index in [1.807, 2.05) is 31.2 Å². The van der Waals surface area contributed by atoms with E-state index in [-0.39, 0.29) is 37.0 Å². The van der Waals surface area contributed by atoms with E-state index in [1.54, 1.807) is 23.2 Å². The smallest absolute Gasteiger partial charge is 0.231 e. The molecule has 2 aliphatic heterocycles. The van der Waals surface area contributed by atoms with Gasteiger partial charge in [0, 0.05) is 30.9 Å². The van der Waals surface area contributed by atoms with Crippen LogP contribution in [0.5, 0.6) is 11.5 Å². The second-order valence-corrected chi connectivity index (χ2v) is 6.43. The molecule has 4 rings (SSSR count). The first-order valence-electron chi connectivity index (χ1n) is 8.53. The Morgan fingerprint density at radius 3 is 2.92 bits per heavy atom. The van der Waals surface area contributed by atoms with Crippen LogP contribution in [0.3, 0.4) is 0 Å². The summed E-state index contributed by atoms with van der Waals surface area (Å²) in [5.74, 6) is 0.680. The molecule has 0 radical (unpaired) electrons. The Morgan fingerprint density at radius 2 is 2.12 bits per heavy atom. The van der Waals surface area contributed by atoms with Crippen LogP contribution in [0.15, 0.2) is 42.6 Å². The Kier molecular flexibility index (Phi) is 4.20. The molecule has 26 heavy (non-hydrogen) atoms. The quantitative estimate of drug-likeness (QED) is 0.910. The number of aromatic nitrogens is 1. The molecule has 7 heteroatoms. The number of hydrogen-bond acceptors (Lipinski definition) is 5. The maximum atomic E-state index is 12.6. The number of benzene rings is 1. The number of ether oxygens (including phenoxy) is 2. The maximum Gasteiger partial charge on any atom is 0.231 e. The summed E-state index contributed by atoms with van der Waals surface area (Å²) in [7, 11) is 0. The molecule has 0 bridgehead atoms. The van der Waals surface area contributed by atoms with Gasteiger partial charge in [0.1, 0.15) is 0 Å². The highest BCUT2D eigenvalue weighted by Crippen LogP contribution is 2.37. The highest BCUT2D eigenvalue weighted by molar-refractivity contribution is 6.00. The van der Waals surface area contributed by atoms with Crippen molar-refractivity contribution in [3.63, 3.8) is 0 Å². The molecule has 7 nitrogen and oxygen atoms in total. The monoisotopic (exact) mass is 353 g/mol. The minimum atomic E-state index is -0.390. The number of nitrogens with zero attached hydrogens (tertiary/aromatic N) is 2. The summed E-state index contributed by atoms with van der Waals surface area (Å²) < 4.78 is 10.7. The third-order valence-electron chi connectivity index (χ3n) is 4.65. The lowest BCUT2D eigenvalue weighted by Gasteiger charge is -2.18. The van der Waals surface area contributed by atoms with Gasteiger partial charge >= 0.3 is 0 Å². The Labute approximate surface area is 150 Å². The van der Waals surface area contributed by atoms with Gasteiger partial charge in [-0.1, -0.05) is 6.07 Å². The van der Waals surface area contributed by atoms with Crippen LogP contribution >= 0.6 is 0 Å². The van der Waals surface area contributed by atoms with Crippen molar-refractivity contribution >= 4 is 17.5 Å². The SMILES string of the molecule is C[C@@H](NC(=O)[C@H]1CC(=O)N(c2ccc3c(c2)OCO3)C1)c1ccccn1. The zero-order chi connectivity index (χ0) is 18.1. The van der Waals surface area contributed by atoms with E-state index in [4.69, 9.17) is 9.47 Å². The number of fused-ring (bicyclic) bond motifs is 1. The normalized spacial score (nSPS) is 19.5. The first kappa shape index (κ1) is 16.4. The Bertz CT molecular complexity index is 840. The highest BCUT2D eigenvalue weighted by atomic mass is 16.7. The van der Waals surface area contributed by atoms with Gasteiger partial charge in [0.05, 0.1) is 17.7 Å². The summed E-state index contributed by atoms with van der Waals surface area (Å²) in [6.45, 7) is 2.41. The van der Waals surface area contributed by atoms with Crippen molar-refractivity contribution in [2.24, 2.45) is 5.92 Å². The van der Waals surface area contributed by atoms with Crippen molar-refractivity contribution < 1.29 is 19.1 Å². The summed E-state index contributed by atoms with van der Waals surface area (Å²) in [5.41, 5.74) is 1.50. The molecule has 0 unspecified atom stereocenters. The van der Waals surface area contributed by atoms with Gasteiger partial charge < -0.3 is 19.7 Å². The number of carbonyl (C=O) groups is 2. The predicted octanol–water partition coefficient (Wildman–Crippen LogP) is 2.04. The number of rotatable bonds is 4. The van der Waals surface area contributed by atoms with Crippen LogP contribution in [0.25, 0.3) is 0 Å². The lowest BCUT2D eigenvalue weighted by atomic mass is 10.1. The van der Waals surface area contributed by atoms with Crippen LogP contribution in [0.2, 0.25) is 0 Å². The van der Waals surface area contributed by atoms with Crippen molar-refractivity contribution in [3.05, 3.63) is 48.3 Å². The number of nitrogens with one attached hydrogen (secondary N) is 1. The number of amides is 2. The molecule has 0 aliphatic carbocycles. The molecular formula is C19H19N3O4. The highest BCUT2D eigenvalue weighted by Gasteiger charge is 2.36. The van der Waals surface area contributed by atoms with Crippen LogP contribution in [-0.4, -0.2) is 30.1 Å². The van der Waals surface area contributed by atoms with Crippen molar-refractivity contribution in [1.29, 1.82) is 0 Å². The molecule has 0 saturated carbocycles. The first-order valence-corrected chi connectivity index (χ1v) is 8.53. The van der Waals surface area contributed by atoms with Crippen molar-refractivity contribution in [3.8, 4) is 11.5 Å². The van der Waals surface area contributed by atoms with Crippen molar-refractivity contribution in [2.75, 3.05) is 18.2 Å². The maximum absolute atomic E-state index is 12.6. The molecule has 0 spiro atoms. The Morgan fingerprint density at radius 1 is 1.27 bits per heavy atom. The van der Waals surface area contributed by atoms with E-state index in [0.717, 1.165) is 5.69 Å². The van der Waals surface area contributed by atoms with Gasteiger partial charge in [-0.3, -0.25) is 14.6 Å². The summed E-state index contributed by atoms with van der Waals surface area (Å²) in [6, 6.07) is 10.7. The van der Waals surface area contributed by atoms with Crippen LogP contribution in [0.1, 0.15) is 25.1 Å². The molecule has 2 aromatic rings. The van der Waals surface area contributed by atoms with E-state index in [1.165, 1.54) is 0 Å². The minimum absolute atomic E-state index is 0.0745.